The average molecular weight is 239 g/mol. The highest BCUT2D eigenvalue weighted by atomic mass is 16.4. The Kier molecular flexibility index (Phi) is 3.86. The van der Waals surface area contributed by atoms with E-state index in [9.17, 15) is 4.79 Å². The first-order valence-corrected chi connectivity index (χ1v) is 6.45. The van der Waals surface area contributed by atoms with Crippen LogP contribution in [-0.4, -0.2) is 23.5 Å². The van der Waals surface area contributed by atoms with Crippen molar-refractivity contribution in [2.24, 2.45) is 28.6 Å². The Bertz CT molecular complexity index is 307. The molecule has 2 rings (SSSR count). The maximum absolute atomic E-state index is 11.8. The molecule has 2 fully saturated rings. The van der Waals surface area contributed by atoms with Gasteiger partial charge in [0.2, 0.25) is 5.91 Å². The molecule has 96 valence electrons. The number of nitrogens with one attached hydrogen (secondary N) is 1. The number of hydrogen-bond acceptors (Lipinski definition) is 3. The minimum Gasteiger partial charge on any atom is -0.409 e. The van der Waals surface area contributed by atoms with E-state index in [1.54, 1.807) is 0 Å². The number of oxime groups is 1. The highest BCUT2D eigenvalue weighted by Gasteiger charge is 2.47. The minimum atomic E-state index is 0.223. The zero-order valence-electron chi connectivity index (χ0n) is 10.1. The molecule has 4 N–H and O–H groups in total. The molecule has 0 heterocycles. The largest absolute Gasteiger partial charge is 0.409 e. The summed E-state index contributed by atoms with van der Waals surface area (Å²) in [6.07, 6.45) is 5.85. The summed E-state index contributed by atoms with van der Waals surface area (Å²) in [5.41, 5.74) is 5.35. The van der Waals surface area contributed by atoms with Crippen LogP contribution in [0.1, 0.15) is 38.5 Å². The van der Waals surface area contributed by atoms with Crippen molar-refractivity contribution in [1.82, 2.24) is 5.32 Å². The minimum absolute atomic E-state index is 0.223. The Labute approximate surface area is 101 Å². The summed E-state index contributed by atoms with van der Waals surface area (Å²) in [5, 5.41) is 14.2. The zero-order chi connectivity index (χ0) is 12.3. The SMILES string of the molecule is NC(CCCCNC(=O)C1CC2CC2C1)=NO. The number of amides is 1. The number of nitrogens with zero attached hydrogens (tertiary/aromatic N) is 1. The Morgan fingerprint density at radius 2 is 2.00 bits per heavy atom. The van der Waals surface area contributed by atoms with Crippen LogP contribution >= 0.6 is 0 Å². The molecule has 0 spiro atoms. The quantitative estimate of drug-likeness (QED) is 0.213. The van der Waals surface area contributed by atoms with Gasteiger partial charge >= 0.3 is 0 Å². The highest BCUT2D eigenvalue weighted by molar-refractivity contribution is 5.80. The first-order chi connectivity index (χ1) is 8.20. The van der Waals surface area contributed by atoms with E-state index in [1.165, 1.54) is 6.42 Å². The summed E-state index contributed by atoms with van der Waals surface area (Å²) in [7, 11) is 0. The molecule has 0 aliphatic heterocycles. The molecule has 2 unspecified atom stereocenters. The number of hydrogen-bond donors (Lipinski definition) is 3. The molecular weight excluding hydrogens is 218 g/mol. The Hall–Kier alpha value is -1.26. The van der Waals surface area contributed by atoms with Gasteiger partial charge in [0.05, 0.1) is 0 Å². The third-order valence-electron chi connectivity index (χ3n) is 3.90. The van der Waals surface area contributed by atoms with Gasteiger partial charge in [-0.25, -0.2) is 0 Å². The summed E-state index contributed by atoms with van der Waals surface area (Å²) >= 11 is 0. The van der Waals surface area contributed by atoms with E-state index in [4.69, 9.17) is 10.9 Å². The molecule has 0 radical (unpaired) electrons. The van der Waals surface area contributed by atoms with E-state index in [2.05, 4.69) is 10.5 Å². The van der Waals surface area contributed by atoms with Gasteiger partial charge in [0.25, 0.3) is 0 Å². The standard InChI is InChI=1S/C12H21N3O2/c13-11(15-17)3-1-2-4-14-12(16)10-6-8-5-9(8)7-10/h8-10,17H,1-7H2,(H2,13,15)(H,14,16). The second-order valence-electron chi connectivity index (χ2n) is 5.26. The molecular formula is C12H21N3O2. The Balaban J connectivity index is 1.51. The topological polar surface area (TPSA) is 87.7 Å². The Morgan fingerprint density at radius 1 is 1.29 bits per heavy atom. The summed E-state index contributed by atoms with van der Waals surface area (Å²) in [5.74, 6) is 2.45. The molecule has 2 saturated carbocycles. The number of fused-ring (bicyclic) bond motifs is 1. The lowest BCUT2D eigenvalue weighted by Gasteiger charge is -2.11. The van der Waals surface area contributed by atoms with Crippen LogP contribution in [-0.2, 0) is 4.79 Å². The van der Waals surface area contributed by atoms with E-state index < -0.39 is 0 Å². The fourth-order valence-corrected chi connectivity index (χ4v) is 2.77. The lowest BCUT2D eigenvalue weighted by Crippen LogP contribution is -2.30. The van der Waals surface area contributed by atoms with Crippen molar-refractivity contribution in [3.8, 4) is 0 Å². The molecule has 5 heteroatoms. The van der Waals surface area contributed by atoms with Gasteiger partial charge in [-0.05, 0) is 43.9 Å². The summed E-state index contributed by atoms with van der Waals surface area (Å²) in [6.45, 7) is 0.698. The molecule has 0 saturated heterocycles. The van der Waals surface area contributed by atoms with Crippen molar-refractivity contribution >= 4 is 11.7 Å². The second kappa shape index (κ2) is 5.38. The van der Waals surface area contributed by atoms with Crippen LogP contribution in [0.2, 0.25) is 0 Å². The van der Waals surface area contributed by atoms with Gasteiger partial charge < -0.3 is 16.3 Å². The number of unbranched alkanes of at least 4 members (excludes halogenated alkanes) is 1. The number of nitrogens with two attached hydrogens (primary N) is 1. The van der Waals surface area contributed by atoms with Crippen molar-refractivity contribution in [3.05, 3.63) is 0 Å². The van der Waals surface area contributed by atoms with E-state index in [-0.39, 0.29) is 17.7 Å². The fraction of sp³-hybridized carbons (Fsp3) is 0.833. The molecule has 0 bridgehead atoms. The van der Waals surface area contributed by atoms with Gasteiger partial charge in [0.1, 0.15) is 5.84 Å². The third kappa shape index (κ3) is 3.35. The van der Waals surface area contributed by atoms with Crippen LogP contribution in [0.4, 0.5) is 0 Å². The third-order valence-corrected chi connectivity index (χ3v) is 3.90. The van der Waals surface area contributed by atoms with Gasteiger partial charge in [-0.1, -0.05) is 5.16 Å². The maximum Gasteiger partial charge on any atom is 0.223 e. The number of amidine groups is 1. The predicted molar refractivity (Wildman–Crippen MR) is 64.6 cm³/mol. The first kappa shape index (κ1) is 12.2. The van der Waals surface area contributed by atoms with Gasteiger partial charge in [-0.15, -0.1) is 0 Å². The molecule has 5 nitrogen and oxygen atoms in total. The van der Waals surface area contributed by atoms with E-state index in [0.717, 1.165) is 37.5 Å². The van der Waals surface area contributed by atoms with Crippen LogP contribution in [0.3, 0.4) is 0 Å². The van der Waals surface area contributed by atoms with E-state index in [1.807, 2.05) is 0 Å². The normalized spacial score (nSPS) is 31.1. The van der Waals surface area contributed by atoms with Crippen molar-refractivity contribution in [1.29, 1.82) is 0 Å². The number of rotatable bonds is 6. The monoisotopic (exact) mass is 239 g/mol. The van der Waals surface area contributed by atoms with Crippen LogP contribution in [0.25, 0.3) is 0 Å². The van der Waals surface area contributed by atoms with Crippen molar-refractivity contribution in [2.45, 2.75) is 38.5 Å². The maximum atomic E-state index is 11.8. The molecule has 2 aliphatic rings. The summed E-state index contributed by atoms with van der Waals surface area (Å²) in [4.78, 5) is 11.8. The summed E-state index contributed by atoms with van der Waals surface area (Å²) in [6, 6.07) is 0. The fourth-order valence-electron chi connectivity index (χ4n) is 2.77. The molecule has 0 aromatic heterocycles. The smallest absolute Gasteiger partial charge is 0.223 e. The van der Waals surface area contributed by atoms with Gasteiger partial charge in [-0.3, -0.25) is 4.79 Å². The van der Waals surface area contributed by atoms with Crippen LogP contribution in [0.15, 0.2) is 5.16 Å². The molecule has 2 atom stereocenters. The van der Waals surface area contributed by atoms with E-state index in [0.29, 0.717) is 13.0 Å². The predicted octanol–water partition coefficient (Wildman–Crippen LogP) is 1.07. The number of carbonyl (C=O) groups is 1. The summed E-state index contributed by atoms with van der Waals surface area (Å²) < 4.78 is 0. The van der Waals surface area contributed by atoms with Gasteiger partial charge in [0, 0.05) is 18.9 Å². The molecule has 2 aliphatic carbocycles. The van der Waals surface area contributed by atoms with Gasteiger partial charge in [-0.2, -0.15) is 0 Å². The lowest BCUT2D eigenvalue weighted by molar-refractivity contribution is -0.125. The van der Waals surface area contributed by atoms with Crippen molar-refractivity contribution in [2.75, 3.05) is 6.54 Å². The lowest BCUT2D eigenvalue weighted by atomic mass is 10.0. The second-order valence-corrected chi connectivity index (χ2v) is 5.26. The first-order valence-electron chi connectivity index (χ1n) is 6.45. The van der Waals surface area contributed by atoms with Crippen LogP contribution < -0.4 is 11.1 Å². The number of carbonyl (C=O) groups excluding carboxylic acids is 1. The van der Waals surface area contributed by atoms with Crippen molar-refractivity contribution < 1.29 is 10.0 Å². The Morgan fingerprint density at radius 3 is 2.65 bits per heavy atom. The van der Waals surface area contributed by atoms with Crippen LogP contribution in [0.5, 0.6) is 0 Å². The zero-order valence-corrected chi connectivity index (χ0v) is 10.1. The molecule has 1 amide bonds. The molecule has 0 aromatic carbocycles. The van der Waals surface area contributed by atoms with Crippen molar-refractivity contribution in [3.63, 3.8) is 0 Å². The molecule has 17 heavy (non-hydrogen) atoms. The van der Waals surface area contributed by atoms with Gasteiger partial charge in [0.15, 0.2) is 0 Å². The average Bonchev–Trinajstić information content (AvgIpc) is 2.95. The highest BCUT2D eigenvalue weighted by Crippen LogP contribution is 2.54. The molecule has 0 aromatic rings. The van der Waals surface area contributed by atoms with Crippen LogP contribution in [0, 0.1) is 17.8 Å². The van der Waals surface area contributed by atoms with E-state index >= 15 is 0 Å².